The highest BCUT2D eigenvalue weighted by Crippen LogP contribution is 2.42. The maximum absolute atomic E-state index is 5.36. The van der Waals surface area contributed by atoms with Gasteiger partial charge in [0.1, 0.15) is 5.75 Å². The van der Waals surface area contributed by atoms with Crippen LogP contribution in [-0.2, 0) is 5.41 Å². The summed E-state index contributed by atoms with van der Waals surface area (Å²) in [7, 11) is 3.88. The molecule has 0 amide bonds. The first-order valence-corrected chi connectivity index (χ1v) is 6.66. The van der Waals surface area contributed by atoms with Gasteiger partial charge in [-0.05, 0) is 49.2 Å². The molecule has 18 heavy (non-hydrogen) atoms. The van der Waals surface area contributed by atoms with Crippen LogP contribution in [0.2, 0.25) is 0 Å². The van der Waals surface area contributed by atoms with Gasteiger partial charge < -0.3 is 9.64 Å². The summed E-state index contributed by atoms with van der Waals surface area (Å²) in [4.78, 5) is 2.28. The van der Waals surface area contributed by atoms with Crippen LogP contribution < -0.4 is 4.74 Å². The molecule has 1 aromatic carbocycles. The summed E-state index contributed by atoms with van der Waals surface area (Å²) in [6.07, 6.45) is 4.60. The van der Waals surface area contributed by atoms with Crippen LogP contribution in [0.25, 0.3) is 0 Å². The lowest BCUT2D eigenvalue weighted by atomic mass is 9.69. The number of nitrogens with zero attached hydrogens (tertiary/aromatic N) is 1. The van der Waals surface area contributed by atoms with Crippen LogP contribution in [0.5, 0.6) is 5.75 Å². The van der Waals surface area contributed by atoms with Crippen molar-refractivity contribution in [3.8, 4) is 5.75 Å². The van der Waals surface area contributed by atoms with E-state index in [2.05, 4.69) is 50.2 Å². The molecule has 1 aliphatic rings. The highest BCUT2D eigenvalue weighted by molar-refractivity contribution is 5.41. The Hall–Kier alpha value is -1.44. The molecule has 2 nitrogen and oxygen atoms in total. The number of allylic oxidation sites excluding steroid dienone is 1. The number of hydrogen-bond donors (Lipinski definition) is 0. The maximum atomic E-state index is 5.36. The van der Waals surface area contributed by atoms with E-state index in [4.69, 9.17) is 4.74 Å². The normalized spacial score (nSPS) is 23.8. The second-order valence-corrected chi connectivity index (χ2v) is 5.21. The second-order valence-electron chi connectivity index (χ2n) is 5.21. The highest BCUT2D eigenvalue weighted by atomic mass is 16.5. The molecular weight excluding hydrogens is 222 g/mol. The van der Waals surface area contributed by atoms with Crippen molar-refractivity contribution in [3.05, 3.63) is 41.6 Å². The minimum atomic E-state index is 0.182. The summed E-state index contributed by atoms with van der Waals surface area (Å²) < 4.78 is 5.36. The number of methoxy groups -OCH3 is 1. The quantitative estimate of drug-likeness (QED) is 0.807. The first-order valence-electron chi connectivity index (χ1n) is 6.66. The third-order valence-electron chi connectivity index (χ3n) is 4.29. The van der Waals surface area contributed by atoms with Crippen LogP contribution in [0.4, 0.5) is 0 Å². The Morgan fingerprint density at radius 2 is 2.17 bits per heavy atom. The van der Waals surface area contributed by atoms with Crippen LogP contribution in [0.15, 0.2) is 36.0 Å². The van der Waals surface area contributed by atoms with Gasteiger partial charge >= 0.3 is 0 Å². The number of hydrogen-bond acceptors (Lipinski definition) is 2. The van der Waals surface area contributed by atoms with Crippen molar-refractivity contribution in [1.29, 1.82) is 0 Å². The Bertz CT molecular complexity index is 452. The average molecular weight is 245 g/mol. The Morgan fingerprint density at radius 1 is 1.39 bits per heavy atom. The first kappa shape index (κ1) is 13.0. The maximum Gasteiger partial charge on any atom is 0.119 e. The van der Waals surface area contributed by atoms with E-state index < -0.39 is 0 Å². The van der Waals surface area contributed by atoms with Gasteiger partial charge in [-0.3, -0.25) is 0 Å². The standard InChI is InChI=1S/C16H23NO/c1-5-16(9-10-17(3)12-13(16)2)14-7-6-8-15(11-14)18-4/h6-8,11-12H,5,9-10H2,1-4H3. The Labute approximate surface area is 110 Å². The zero-order valence-electron chi connectivity index (χ0n) is 11.9. The van der Waals surface area contributed by atoms with Crippen molar-refractivity contribution >= 4 is 0 Å². The topological polar surface area (TPSA) is 12.5 Å². The van der Waals surface area contributed by atoms with Gasteiger partial charge in [-0.15, -0.1) is 0 Å². The molecule has 0 saturated heterocycles. The fraction of sp³-hybridized carbons (Fsp3) is 0.500. The van der Waals surface area contributed by atoms with Gasteiger partial charge in [0.25, 0.3) is 0 Å². The molecule has 98 valence electrons. The van der Waals surface area contributed by atoms with Gasteiger partial charge in [-0.25, -0.2) is 0 Å². The summed E-state index contributed by atoms with van der Waals surface area (Å²) in [5.74, 6) is 0.951. The van der Waals surface area contributed by atoms with Crippen LogP contribution >= 0.6 is 0 Å². The predicted octanol–water partition coefficient (Wildman–Crippen LogP) is 3.58. The minimum absolute atomic E-state index is 0.182. The first-order chi connectivity index (χ1) is 8.62. The Balaban J connectivity index is 2.46. The largest absolute Gasteiger partial charge is 0.497 e. The van der Waals surface area contributed by atoms with Crippen molar-refractivity contribution in [2.75, 3.05) is 20.7 Å². The number of benzene rings is 1. The lowest BCUT2D eigenvalue weighted by molar-refractivity contribution is 0.316. The number of ether oxygens (including phenoxy) is 1. The van der Waals surface area contributed by atoms with Crippen molar-refractivity contribution in [3.63, 3.8) is 0 Å². The second kappa shape index (κ2) is 5.05. The zero-order valence-corrected chi connectivity index (χ0v) is 11.9. The molecule has 0 radical (unpaired) electrons. The van der Waals surface area contributed by atoms with Crippen LogP contribution in [-0.4, -0.2) is 25.6 Å². The molecule has 0 bridgehead atoms. The van der Waals surface area contributed by atoms with E-state index in [9.17, 15) is 0 Å². The van der Waals surface area contributed by atoms with Crippen molar-refractivity contribution in [2.45, 2.75) is 32.1 Å². The lowest BCUT2D eigenvalue weighted by Gasteiger charge is -2.40. The third-order valence-corrected chi connectivity index (χ3v) is 4.29. The molecule has 0 saturated carbocycles. The van der Waals surface area contributed by atoms with Gasteiger partial charge in [0.2, 0.25) is 0 Å². The summed E-state index contributed by atoms with van der Waals surface area (Å²) >= 11 is 0. The van der Waals surface area contributed by atoms with E-state index in [0.717, 1.165) is 18.7 Å². The van der Waals surface area contributed by atoms with Crippen LogP contribution in [0, 0.1) is 0 Å². The van der Waals surface area contributed by atoms with E-state index >= 15 is 0 Å². The van der Waals surface area contributed by atoms with Crippen LogP contribution in [0.3, 0.4) is 0 Å². The summed E-state index contributed by atoms with van der Waals surface area (Å²) in [6, 6.07) is 8.53. The molecule has 0 aliphatic carbocycles. The van der Waals surface area contributed by atoms with E-state index in [1.54, 1.807) is 7.11 Å². The molecule has 2 heteroatoms. The third kappa shape index (κ3) is 2.12. The van der Waals surface area contributed by atoms with Crippen LogP contribution in [0.1, 0.15) is 32.3 Å². The molecule has 0 N–H and O–H groups in total. The smallest absolute Gasteiger partial charge is 0.119 e. The molecular formula is C16H23NO. The molecule has 0 fully saturated rings. The van der Waals surface area contributed by atoms with Gasteiger partial charge in [-0.1, -0.05) is 19.1 Å². The van der Waals surface area contributed by atoms with E-state index in [1.165, 1.54) is 17.6 Å². The van der Waals surface area contributed by atoms with Gasteiger partial charge in [0.15, 0.2) is 0 Å². The summed E-state index contributed by atoms with van der Waals surface area (Å²) in [6.45, 7) is 5.64. The van der Waals surface area contributed by atoms with Crippen molar-refractivity contribution in [2.24, 2.45) is 0 Å². The van der Waals surface area contributed by atoms with Crippen molar-refractivity contribution < 1.29 is 4.74 Å². The van der Waals surface area contributed by atoms with E-state index in [1.807, 2.05) is 6.07 Å². The van der Waals surface area contributed by atoms with E-state index in [0.29, 0.717) is 0 Å². The van der Waals surface area contributed by atoms with Crippen molar-refractivity contribution in [1.82, 2.24) is 4.90 Å². The fourth-order valence-electron chi connectivity index (χ4n) is 3.04. The Kier molecular flexibility index (Phi) is 3.65. The SMILES string of the molecule is CCC1(c2cccc(OC)c2)CCN(C)C=C1C. The predicted molar refractivity (Wildman–Crippen MR) is 76.0 cm³/mol. The molecule has 1 aliphatic heterocycles. The zero-order chi connectivity index (χ0) is 13.2. The Morgan fingerprint density at radius 3 is 2.78 bits per heavy atom. The molecule has 2 rings (SSSR count). The number of rotatable bonds is 3. The summed E-state index contributed by atoms with van der Waals surface area (Å²) in [5, 5.41) is 0. The molecule has 0 spiro atoms. The molecule has 1 aromatic rings. The fourth-order valence-corrected chi connectivity index (χ4v) is 3.04. The molecule has 1 unspecified atom stereocenters. The van der Waals surface area contributed by atoms with Gasteiger partial charge in [0, 0.05) is 19.0 Å². The molecule has 1 heterocycles. The monoisotopic (exact) mass is 245 g/mol. The summed E-state index contributed by atoms with van der Waals surface area (Å²) in [5.41, 5.74) is 3.01. The lowest BCUT2D eigenvalue weighted by Crippen LogP contribution is -2.36. The molecule has 0 aromatic heterocycles. The average Bonchev–Trinajstić information content (AvgIpc) is 2.39. The van der Waals surface area contributed by atoms with Gasteiger partial charge in [0.05, 0.1) is 7.11 Å². The van der Waals surface area contributed by atoms with E-state index in [-0.39, 0.29) is 5.41 Å². The highest BCUT2D eigenvalue weighted by Gasteiger charge is 2.35. The molecule has 1 atom stereocenters. The van der Waals surface area contributed by atoms with Gasteiger partial charge in [-0.2, -0.15) is 0 Å². The minimum Gasteiger partial charge on any atom is -0.497 e.